The monoisotopic (exact) mass is 143 g/mol. The maximum atomic E-state index is 5.52. The summed E-state index contributed by atoms with van der Waals surface area (Å²) in [6.45, 7) is 5.20. The standard InChI is InChI=1S/C8H17NO/c1-2-3-4-8-7-9-5-6-10-8/h8-9H,2-7H2,1H3. The minimum atomic E-state index is 0.494. The van der Waals surface area contributed by atoms with E-state index >= 15 is 0 Å². The summed E-state index contributed by atoms with van der Waals surface area (Å²) in [6.07, 6.45) is 4.30. The topological polar surface area (TPSA) is 21.3 Å². The summed E-state index contributed by atoms with van der Waals surface area (Å²) in [5.41, 5.74) is 0. The third-order valence-corrected chi connectivity index (χ3v) is 1.88. The van der Waals surface area contributed by atoms with Gasteiger partial charge in [0.2, 0.25) is 0 Å². The molecule has 1 saturated heterocycles. The summed E-state index contributed by atoms with van der Waals surface area (Å²) < 4.78 is 5.52. The SMILES string of the molecule is CCCCC1CNCCO1. The molecular formula is C8H17NO. The highest BCUT2D eigenvalue weighted by atomic mass is 16.5. The predicted octanol–water partition coefficient (Wildman–Crippen LogP) is 1.17. The van der Waals surface area contributed by atoms with Crippen LogP contribution in [0.3, 0.4) is 0 Å². The maximum Gasteiger partial charge on any atom is 0.0700 e. The molecule has 0 aromatic rings. The molecule has 0 aliphatic carbocycles. The maximum absolute atomic E-state index is 5.52. The molecule has 0 amide bonds. The lowest BCUT2D eigenvalue weighted by atomic mass is 10.1. The van der Waals surface area contributed by atoms with Crippen LogP contribution in [-0.4, -0.2) is 25.8 Å². The van der Waals surface area contributed by atoms with Gasteiger partial charge < -0.3 is 10.1 Å². The van der Waals surface area contributed by atoms with Gasteiger partial charge in [-0.25, -0.2) is 0 Å². The quantitative estimate of drug-likeness (QED) is 0.640. The molecule has 1 unspecified atom stereocenters. The van der Waals surface area contributed by atoms with Crippen LogP contribution in [0.4, 0.5) is 0 Å². The number of rotatable bonds is 3. The van der Waals surface area contributed by atoms with Crippen LogP contribution < -0.4 is 5.32 Å². The van der Waals surface area contributed by atoms with Gasteiger partial charge in [0.25, 0.3) is 0 Å². The Morgan fingerprint density at radius 2 is 2.50 bits per heavy atom. The first-order valence-electron chi connectivity index (χ1n) is 4.26. The van der Waals surface area contributed by atoms with Crippen LogP contribution in [0.1, 0.15) is 26.2 Å². The minimum absolute atomic E-state index is 0.494. The van der Waals surface area contributed by atoms with Gasteiger partial charge in [0.05, 0.1) is 12.7 Å². The first kappa shape index (κ1) is 8.02. The molecule has 1 fully saturated rings. The van der Waals surface area contributed by atoms with Crippen LogP contribution in [0.15, 0.2) is 0 Å². The Hall–Kier alpha value is -0.0800. The molecule has 0 aromatic heterocycles. The molecule has 1 heterocycles. The van der Waals surface area contributed by atoms with Gasteiger partial charge in [0.15, 0.2) is 0 Å². The lowest BCUT2D eigenvalue weighted by molar-refractivity contribution is 0.0223. The molecule has 1 rings (SSSR count). The molecule has 0 aromatic carbocycles. The van der Waals surface area contributed by atoms with Gasteiger partial charge in [0, 0.05) is 13.1 Å². The van der Waals surface area contributed by atoms with Crippen molar-refractivity contribution in [2.75, 3.05) is 19.7 Å². The summed E-state index contributed by atoms with van der Waals surface area (Å²) in [5.74, 6) is 0. The van der Waals surface area contributed by atoms with Gasteiger partial charge >= 0.3 is 0 Å². The van der Waals surface area contributed by atoms with Crippen molar-refractivity contribution in [2.24, 2.45) is 0 Å². The van der Waals surface area contributed by atoms with Gasteiger partial charge in [-0.3, -0.25) is 0 Å². The second-order valence-electron chi connectivity index (χ2n) is 2.84. The zero-order valence-corrected chi connectivity index (χ0v) is 6.73. The fourth-order valence-electron chi connectivity index (χ4n) is 1.24. The first-order chi connectivity index (χ1) is 4.93. The van der Waals surface area contributed by atoms with E-state index in [0.29, 0.717) is 6.10 Å². The zero-order chi connectivity index (χ0) is 7.23. The fraction of sp³-hybridized carbons (Fsp3) is 1.00. The van der Waals surface area contributed by atoms with Gasteiger partial charge in [-0.1, -0.05) is 19.8 Å². The zero-order valence-electron chi connectivity index (χ0n) is 6.73. The van der Waals surface area contributed by atoms with Crippen molar-refractivity contribution in [3.63, 3.8) is 0 Å². The molecular weight excluding hydrogens is 126 g/mol. The third-order valence-electron chi connectivity index (χ3n) is 1.88. The van der Waals surface area contributed by atoms with Crippen LogP contribution in [0.25, 0.3) is 0 Å². The van der Waals surface area contributed by atoms with E-state index < -0.39 is 0 Å². The number of ether oxygens (including phenoxy) is 1. The molecule has 10 heavy (non-hydrogen) atoms. The highest BCUT2D eigenvalue weighted by Gasteiger charge is 2.11. The lowest BCUT2D eigenvalue weighted by Gasteiger charge is -2.23. The highest BCUT2D eigenvalue weighted by Crippen LogP contribution is 2.05. The van der Waals surface area contributed by atoms with E-state index in [2.05, 4.69) is 12.2 Å². The molecule has 1 N–H and O–H groups in total. The predicted molar refractivity (Wildman–Crippen MR) is 42.1 cm³/mol. The Labute approximate surface area is 63.0 Å². The van der Waals surface area contributed by atoms with Crippen LogP contribution in [-0.2, 0) is 4.74 Å². The molecule has 60 valence electrons. The van der Waals surface area contributed by atoms with E-state index in [1.165, 1.54) is 19.3 Å². The number of morpholine rings is 1. The summed E-state index contributed by atoms with van der Waals surface area (Å²) in [6, 6.07) is 0. The second-order valence-corrected chi connectivity index (χ2v) is 2.84. The van der Waals surface area contributed by atoms with E-state index in [4.69, 9.17) is 4.74 Å². The second kappa shape index (κ2) is 4.69. The average Bonchev–Trinajstić information content (AvgIpc) is 2.03. The van der Waals surface area contributed by atoms with Gasteiger partial charge in [-0.15, -0.1) is 0 Å². The molecule has 2 nitrogen and oxygen atoms in total. The van der Waals surface area contributed by atoms with Crippen molar-refractivity contribution in [1.82, 2.24) is 5.32 Å². The van der Waals surface area contributed by atoms with Crippen molar-refractivity contribution < 1.29 is 4.74 Å². The van der Waals surface area contributed by atoms with E-state index in [1.54, 1.807) is 0 Å². The lowest BCUT2D eigenvalue weighted by Crippen LogP contribution is -2.38. The third kappa shape index (κ3) is 2.67. The summed E-state index contributed by atoms with van der Waals surface area (Å²) in [4.78, 5) is 0. The Bertz CT molecular complexity index is 79.3. The fourth-order valence-corrected chi connectivity index (χ4v) is 1.24. The van der Waals surface area contributed by atoms with E-state index in [-0.39, 0.29) is 0 Å². The van der Waals surface area contributed by atoms with Crippen molar-refractivity contribution >= 4 is 0 Å². The van der Waals surface area contributed by atoms with Gasteiger partial charge in [-0.2, -0.15) is 0 Å². The van der Waals surface area contributed by atoms with Gasteiger partial charge in [-0.05, 0) is 6.42 Å². The van der Waals surface area contributed by atoms with E-state index in [1.807, 2.05) is 0 Å². The van der Waals surface area contributed by atoms with Gasteiger partial charge in [0.1, 0.15) is 0 Å². The summed E-state index contributed by atoms with van der Waals surface area (Å²) in [7, 11) is 0. The van der Waals surface area contributed by atoms with E-state index in [0.717, 1.165) is 19.7 Å². The number of hydrogen-bond donors (Lipinski definition) is 1. The van der Waals surface area contributed by atoms with Crippen molar-refractivity contribution in [3.8, 4) is 0 Å². The van der Waals surface area contributed by atoms with Crippen LogP contribution in [0.2, 0.25) is 0 Å². The molecule has 0 radical (unpaired) electrons. The molecule has 0 saturated carbocycles. The molecule has 0 bridgehead atoms. The first-order valence-corrected chi connectivity index (χ1v) is 4.26. The van der Waals surface area contributed by atoms with Crippen LogP contribution in [0, 0.1) is 0 Å². The Kier molecular flexibility index (Phi) is 3.76. The smallest absolute Gasteiger partial charge is 0.0700 e. The van der Waals surface area contributed by atoms with Crippen molar-refractivity contribution in [1.29, 1.82) is 0 Å². The summed E-state index contributed by atoms with van der Waals surface area (Å²) >= 11 is 0. The Morgan fingerprint density at radius 1 is 1.60 bits per heavy atom. The molecule has 1 aliphatic rings. The Balaban J connectivity index is 2.02. The normalized spacial score (nSPS) is 26.7. The number of hydrogen-bond acceptors (Lipinski definition) is 2. The number of nitrogens with one attached hydrogen (secondary N) is 1. The van der Waals surface area contributed by atoms with Crippen molar-refractivity contribution in [3.05, 3.63) is 0 Å². The van der Waals surface area contributed by atoms with Crippen LogP contribution in [0.5, 0.6) is 0 Å². The van der Waals surface area contributed by atoms with Crippen molar-refractivity contribution in [2.45, 2.75) is 32.3 Å². The average molecular weight is 143 g/mol. The highest BCUT2D eigenvalue weighted by molar-refractivity contribution is 4.66. The van der Waals surface area contributed by atoms with E-state index in [9.17, 15) is 0 Å². The van der Waals surface area contributed by atoms with Crippen LogP contribution >= 0.6 is 0 Å². The molecule has 1 atom stereocenters. The number of unbranched alkanes of at least 4 members (excludes halogenated alkanes) is 1. The Morgan fingerprint density at radius 3 is 3.10 bits per heavy atom. The largest absolute Gasteiger partial charge is 0.376 e. The summed E-state index contributed by atoms with van der Waals surface area (Å²) in [5, 5.41) is 3.32. The molecule has 2 heteroatoms. The molecule has 0 spiro atoms. The minimum Gasteiger partial charge on any atom is -0.376 e. The molecule has 1 aliphatic heterocycles.